The third kappa shape index (κ3) is 7.96. The molecule has 0 saturated carbocycles. The summed E-state index contributed by atoms with van der Waals surface area (Å²) in [4.78, 5) is 0. The normalized spacial score (nSPS) is 13.4. The number of hydrogen-bond acceptors (Lipinski definition) is 3. The van der Waals surface area contributed by atoms with Crippen LogP contribution in [0.1, 0.15) is 45.8 Å². The van der Waals surface area contributed by atoms with Crippen LogP contribution < -0.4 is 5.32 Å². The highest BCUT2D eigenvalue weighted by molar-refractivity contribution is 9.10. The summed E-state index contributed by atoms with van der Waals surface area (Å²) in [5, 5.41) is 3.43. The molecule has 0 saturated heterocycles. The Morgan fingerprint density at radius 1 is 1.19 bits per heavy atom. The SMILES string of the molecule is CCCNCC(OCCOC(C)(C)C)c1ccccc1Br. The average Bonchev–Trinajstić information content (AvgIpc) is 2.41. The van der Waals surface area contributed by atoms with Crippen LogP contribution >= 0.6 is 15.9 Å². The van der Waals surface area contributed by atoms with Crippen LogP contribution in [0, 0.1) is 0 Å². The Balaban J connectivity index is 2.55. The average molecular weight is 358 g/mol. The molecule has 1 atom stereocenters. The summed E-state index contributed by atoms with van der Waals surface area (Å²) in [6, 6.07) is 8.22. The molecular formula is C17H28BrNO2. The first-order chi connectivity index (χ1) is 9.94. The van der Waals surface area contributed by atoms with Gasteiger partial charge in [0.05, 0.1) is 24.9 Å². The molecule has 21 heavy (non-hydrogen) atoms. The Morgan fingerprint density at radius 2 is 1.90 bits per heavy atom. The highest BCUT2D eigenvalue weighted by Gasteiger charge is 2.15. The van der Waals surface area contributed by atoms with Crippen LogP contribution in [-0.2, 0) is 9.47 Å². The van der Waals surface area contributed by atoms with Crippen molar-refractivity contribution in [1.82, 2.24) is 5.32 Å². The number of hydrogen-bond donors (Lipinski definition) is 1. The lowest BCUT2D eigenvalue weighted by Gasteiger charge is -2.23. The molecule has 1 aromatic rings. The van der Waals surface area contributed by atoms with Crippen molar-refractivity contribution in [3.8, 4) is 0 Å². The van der Waals surface area contributed by atoms with Gasteiger partial charge in [0, 0.05) is 11.0 Å². The molecule has 0 aromatic heterocycles. The van der Waals surface area contributed by atoms with E-state index in [9.17, 15) is 0 Å². The highest BCUT2D eigenvalue weighted by Crippen LogP contribution is 2.25. The molecule has 4 heteroatoms. The maximum atomic E-state index is 6.03. The maximum absolute atomic E-state index is 6.03. The topological polar surface area (TPSA) is 30.5 Å². The Bertz CT molecular complexity index is 404. The minimum absolute atomic E-state index is 0.0377. The van der Waals surface area contributed by atoms with E-state index in [1.807, 2.05) is 12.1 Å². The Hall–Kier alpha value is -0.420. The summed E-state index contributed by atoms with van der Waals surface area (Å²) in [6.07, 6.45) is 1.16. The Kier molecular flexibility index (Phi) is 8.49. The molecular weight excluding hydrogens is 330 g/mol. The van der Waals surface area contributed by atoms with Crippen molar-refractivity contribution in [2.75, 3.05) is 26.3 Å². The predicted molar refractivity (Wildman–Crippen MR) is 91.7 cm³/mol. The Morgan fingerprint density at radius 3 is 2.52 bits per heavy atom. The molecule has 0 bridgehead atoms. The van der Waals surface area contributed by atoms with E-state index in [2.05, 4.69) is 61.1 Å². The van der Waals surface area contributed by atoms with E-state index in [1.165, 1.54) is 5.56 Å². The number of halogens is 1. The lowest BCUT2D eigenvalue weighted by atomic mass is 10.1. The molecule has 0 fully saturated rings. The molecule has 1 N–H and O–H groups in total. The van der Waals surface area contributed by atoms with E-state index in [1.54, 1.807) is 0 Å². The van der Waals surface area contributed by atoms with Crippen molar-refractivity contribution in [3.63, 3.8) is 0 Å². The van der Waals surface area contributed by atoms with Crippen LogP contribution in [-0.4, -0.2) is 31.9 Å². The van der Waals surface area contributed by atoms with Crippen LogP contribution in [0.5, 0.6) is 0 Å². The molecule has 0 aliphatic carbocycles. The third-order valence-corrected chi connectivity index (χ3v) is 3.67. The molecule has 0 heterocycles. The van der Waals surface area contributed by atoms with Crippen molar-refractivity contribution >= 4 is 15.9 Å². The molecule has 0 aliphatic heterocycles. The van der Waals surface area contributed by atoms with Gasteiger partial charge in [-0.1, -0.05) is 41.1 Å². The van der Waals surface area contributed by atoms with Crippen molar-refractivity contribution in [2.45, 2.75) is 45.8 Å². The number of nitrogens with one attached hydrogen (secondary N) is 1. The van der Waals surface area contributed by atoms with Gasteiger partial charge in [-0.05, 0) is 45.4 Å². The van der Waals surface area contributed by atoms with Gasteiger partial charge in [0.2, 0.25) is 0 Å². The zero-order chi connectivity index (χ0) is 15.7. The molecule has 120 valence electrons. The van der Waals surface area contributed by atoms with Crippen LogP contribution in [0.2, 0.25) is 0 Å². The van der Waals surface area contributed by atoms with Gasteiger partial charge in [-0.25, -0.2) is 0 Å². The van der Waals surface area contributed by atoms with Gasteiger partial charge in [0.25, 0.3) is 0 Å². The number of ether oxygens (including phenoxy) is 2. The summed E-state index contributed by atoms with van der Waals surface area (Å²) in [7, 11) is 0. The first kappa shape index (κ1) is 18.6. The van der Waals surface area contributed by atoms with Gasteiger partial charge in [-0.3, -0.25) is 0 Å². The van der Waals surface area contributed by atoms with E-state index in [0.29, 0.717) is 13.2 Å². The van der Waals surface area contributed by atoms with Gasteiger partial charge >= 0.3 is 0 Å². The van der Waals surface area contributed by atoms with E-state index >= 15 is 0 Å². The first-order valence-corrected chi connectivity index (χ1v) is 8.44. The molecule has 0 radical (unpaired) electrons. The maximum Gasteiger partial charge on any atom is 0.0961 e. The van der Waals surface area contributed by atoms with Gasteiger partial charge in [-0.15, -0.1) is 0 Å². The third-order valence-electron chi connectivity index (χ3n) is 2.95. The smallest absolute Gasteiger partial charge is 0.0961 e. The van der Waals surface area contributed by atoms with Crippen LogP contribution in [0.25, 0.3) is 0 Å². The predicted octanol–water partition coefficient (Wildman–Crippen LogP) is 4.32. The zero-order valence-corrected chi connectivity index (χ0v) is 15.2. The molecule has 3 nitrogen and oxygen atoms in total. The molecule has 0 spiro atoms. The first-order valence-electron chi connectivity index (χ1n) is 7.64. The van der Waals surface area contributed by atoms with Crippen molar-refractivity contribution in [2.24, 2.45) is 0 Å². The van der Waals surface area contributed by atoms with Gasteiger partial charge in [-0.2, -0.15) is 0 Å². The summed E-state index contributed by atoms with van der Waals surface area (Å²) in [5.41, 5.74) is 1.06. The van der Waals surface area contributed by atoms with E-state index in [-0.39, 0.29) is 11.7 Å². The van der Waals surface area contributed by atoms with E-state index < -0.39 is 0 Å². The monoisotopic (exact) mass is 357 g/mol. The quantitative estimate of drug-likeness (QED) is 0.667. The minimum Gasteiger partial charge on any atom is -0.373 e. The second kappa shape index (κ2) is 9.57. The minimum atomic E-state index is -0.118. The van der Waals surface area contributed by atoms with Gasteiger partial charge in [0.15, 0.2) is 0 Å². The molecule has 0 aliphatic rings. The fraction of sp³-hybridized carbons (Fsp3) is 0.647. The van der Waals surface area contributed by atoms with Crippen molar-refractivity contribution in [1.29, 1.82) is 0 Å². The van der Waals surface area contributed by atoms with Crippen molar-refractivity contribution in [3.05, 3.63) is 34.3 Å². The summed E-state index contributed by atoms with van der Waals surface area (Å²) < 4.78 is 12.8. The number of benzene rings is 1. The van der Waals surface area contributed by atoms with E-state index in [0.717, 1.165) is 24.0 Å². The summed E-state index contributed by atoms with van der Waals surface area (Å²) in [5.74, 6) is 0. The fourth-order valence-electron chi connectivity index (χ4n) is 1.94. The van der Waals surface area contributed by atoms with Crippen LogP contribution in [0.3, 0.4) is 0 Å². The zero-order valence-electron chi connectivity index (χ0n) is 13.6. The van der Waals surface area contributed by atoms with Crippen molar-refractivity contribution < 1.29 is 9.47 Å². The second-order valence-electron chi connectivity index (χ2n) is 6.05. The molecule has 1 aromatic carbocycles. The van der Waals surface area contributed by atoms with Gasteiger partial charge in [0.1, 0.15) is 0 Å². The molecule has 1 rings (SSSR count). The summed E-state index contributed by atoms with van der Waals surface area (Å²) >= 11 is 3.61. The van der Waals surface area contributed by atoms with Crippen LogP contribution in [0.4, 0.5) is 0 Å². The highest BCUT2D eigenvalue weighted by atomic mass is 79.9. The number of rotatable bonds is 9. The second-order valence-corrected chi connectivity index (χ2v) is 6.90. The fourth-order valence-corrected chi connectivity index (χ4v) is 2.48. The summed E-state index contributed by atoms with van der Waals surface area (Å²) in [6.45, 7) is 11.4. The van der Waals surface area contributed by atoms with Gasteiger partial charge < -0.3 is 14.8 Å². The lowest BCUT2D eigenvalue weighted by molar-refractivity contribution is -0.0519. The van der Waals surface area contributed by atoms with Crippen LogP contribution in [0.15, 0.2) is 28.7 Å². The molecule has 1 unspecified atom stereocenters. The largest absolute Gasteiger partial charge is 0.373 e. The Labute approximate surface area is 137 Å². The molecule has 0 amide bonds. The van der Waals surface area contributed by atoms with E-state index in [4.69, 9.17) is 9.47 Å². The lowest BCUT2D eigenvalue weighted by Crippen LogP contribution is -2.27. The standard InChI is InChI=1S/C17H28BrNO2/c1-5-10-19-13-16(14-8-6-7-9-15(14)18)20-11-12-21-17(2,3)4/h6-9,16,19H,5,10-13H2,1-4H3.